The first kappa shape index (κ1) is 15.5. The fourth-order valence-electron chi connectivity index (χ4n) is 1.89. The van der Waals surface area contributed by atoms with Gasteiger partial charge in [-0.05, 0) is 17.7 Å². The largest absolute Gasteiger partial charge is 0.342 e. The molecule has 0 radical (unpaired) electrons. The van der Waals surface area contributed by atoms with Gasteiger partial charge in [-0.15, -0.1) is 0 Å². The number of aromatic amines is 1. The molecule has 114 valence electrons. The summed E-state index contributed by atoms with van der Waals surface area (Å²) < 4.78 is 0. The molecule has 2 N–H and O–H groups in total. The van der Waals surface area contributed by atoms with Gasteiger partial charge in [0.2, 0.25) is 11.5 Å². The fraction of sp³-hybridized carbons (Fsp3) is 0.188. The lowest BCUT2D eigenvalue weighted by molar-refractivity contribution is -0.128. The van der Waals surface area contributed by atoms with Crippen molar-refractivity contribution in [3.63, 3.8) is 0 Å². The summed E-state index contributed by atoms with van der Waals surface area (Å²) in [5.41, 5.74) is 1.55. The molecule has 0 saturated heterocycles. The number of nitrogens with one attached hydrogen (secondary N) is 2. The Morgan fingerprint density at radius 2 is 1.91 bits per heavy atom. The molecule has 22 heavy (non-hydrogen) atoms. The quantitative estimate of drug-likeness (QED) is 0.899. The van der Waals surface area contributed by atoms with E-state index >= 15 is 0 Å². The van der Waals surface area contributed by atoms with E-state index < -0.39 is 0 Å². The van der Waals surface area contributed by atoms with Crippen molar-refractivity contribution in [1.29, 1.82) is 0 Å². The van der Waals surface area contributed by atoms with E-state index in [0.29, 0.717) is 17.8 Å². The number of carbonyl (C=O) groups excluding carboxylic acids is 2. The zero-order valence-corrected chi connectivity index (χ0v) is 12.4. The maximum atomic E-state index is 12.2. The van der Waals surface area contributed by atoms with Gasteiger partial charge in [0.1, 0.15) is 0 Å². The summed E-state index contributed by atoms with van der Waals surface area (Å²) in [7, 11) is 1.70. The van der Waals surface area contributed by atoms with E-state index in [0.717, 1.165) is 5.56 Å². The second kappa shape index (κ2) is 6.71. The first-order chi connectivity index (χ1) is 10.5. The van der Waals surface area contributed by atoms with Gasteiger partial charge in [-0.1, -0.05) is 18.2 Å². The second-order valence-corrected chi connectivity index (χ2v) is 4.93. The Kier molecular flexibility index (Phi) is 4.73. The van der Waals surface area contributed by atoms with Crippen LogP contribution < -0.4 is 10.9 Å². The predicted octanol–water partition coefficient (Wildman–Crippen LogP) is 1.61. The van der Waals surface area contributed by atoms with E-state index in [9.17, 15) is 14.4 Å². The second-order valence-electron chi connectivity index (χ2n) is 4.93. The minimum absolute atomic E-state index is 0.0539. The number of para-hydroxylation sites is 1. The third-order valence-electron chi connectivity index (χ3n) is 3.26. The van der Waals surface area contributed by atoms with Gasteiger partial charge in [0.15, 0.2) is 0 Å². The lowest BCUT2D eigenvalue weighted by atomic mass is 10.1. The molecule has 2 aromatic rings. The molecule has 1 heterocycles. The predicted molar refractivity (Wildman–Crippen MR) is 83.6 cm³/mol. The Morgan fingerprint density at radius 1 is 1.18 bits per heavy atom. The summed E-state index contributed by atoms with van der Waals surface area (Å²) in [5.74, 6) is -0.379. The van der Waals surface area contributed by atoms with E-state index in [2.05, 4.69) is 10.3 Å². The van der Waals surface area contributed by atoms with Gasteiger partial charge < -0.3 is 15.2 Å². The number of amides is 2. The zero-order valence-electron chi connectivity index (χ0n) is 12.4. The highest BCUT2D eigenvalue weighted by Gasteiger charge is 2.11. The molecule has 0 aliphatic rings. The van der Waals surface area contributed by atoms with Crippen LogP contribution in [0.25, 0.3) is 0 Å². The molecule has 0 fully saturated rings. The lowest BCUT2D eigenvalue weighted by Gasteiger charge is -2.17. The van der Waals surface area contributed by atoms with Crippen molar-refractivity contribution in [3.05, 3.63) is 64.1 Å². The molecule has 0 unspecified atom stereocenters. The highest BCUT2D eigenvalue weighted by molar-refractivity contribution is 6.04. The van der Waals surface area contributed by atoms with Crippen LogP contribution >= 0.6 is 0 Å². The van der Waals surface area contributed by atoms with Crippen LogP contribution in [0.1, 0.15) is 22.8 Å². The smallest absolute Gasteiger partial charge is 0.257 e. The van der Waals surface area contributed by atoms with Gasteiger partial charge >= 0.3 is 0 Å². The van der Waals surface area contributed by atoms with Gasteiger partial charge in [-0.3, -0.25) is 14.4 Å². The lowest BCUT2D eigenvalue weighted by Crippen LogP contribution is -2.24. The standard InChI is InChI=1S/C16H17N3O3/c1-11(20)19(2)10-13-5-3-4-6-14(13)18-16(22)12-7-8-15(21)17-9-12/h3-9H,10H2,1-2H3,(H,17,21)(H,18,22). The molecule has 0 spiro atoms. The van der Waals surface area contributed by atoms with Crippen molar-refractivity contribution in [2.75, 3.05) is 12.4 Å². The van der Waals surface area contributed by atoms with Crippen LogP contribution in [0.15, 0.2) is 47.4 Å². The molecule has 2 rings (SSSR count). The molecule has 2 amide bonds. The van der Waals surface area contributed by atoms with Gasteiger partial charge in [-0.25, -0.2) is 0 Å². The van der Waals surface area contributed by atoms with Crippen molar-refractivity contribution in [2.45, 2.75) is 13.5 Å². The summed E-state index contributed by atoms with van der Waals surface area (Å²) in [6.45, 7) is 1.89. The van der Waals surface area contributed by atoms with Crippen LogP contribution in [0.4, 0.5) is 5.69 Å². The number of aromatic nitrogens is 1. The average Bonchev–Trinajstić information content (AvgIpc) is 2.49. The van der Waals surface area contributed by atoms with Crippen molar-refractivity contribution >= 4 is 17.5 Å². The van der Waals surface area contributed by atoms with E-state index in [1.807, 2.05) is 12.1 Å². The van der Waals surface area contributed by atoms with Crippen molar-refractivity contribution in [3.8, 4) is 0 Å². The Morgan fingerprint density at radius 3 is 2.55 bits per heavy atom. The summed E-state index contributed by atoms with van der Waals surface area (Å²) in [6.07, 6.45) is 1.36. The minimum Gasteiger partial charge on any atom is -0.342 e. The molecule has 1 aromatic carbocycles. The highest BCUT2D eigenvalue weighted by atomic mass is 16.2. The summed E-state index contributed by atoms with van der Waals surface area (Å²) in [4.78, 5) is 38.6. The SMILES string of the molecule is CC(=O)N(C)Cc1ccccc1NC(=O)c1ccc(=O)[nH]c1. The number of pyridine rings is 1. The Bertz CT molecular complexity index is 732. The first-order valence-corrected chi connectivity index (χ1v) is 6.77. The summed E-state index contributed by atoms with van der Waals surface area (Å²) in [6, 6.07) is 10.0. The summed E-state index contributed by atoms with van der Waals surface area (Å²) >= 11 is 0. The van der Waals surface area contributed by atoms with E-state index in [4.69, 9.17) is 0 Å². The number of hydrogen-bond donors (Lipinski definition) is 2. The third-order valence-corrected chi connectivity index (χ3v) is 3.26. The molecule has 0 aliphatic carbocycles. The number of rotatable bonds is 4. The van der Waals surface area contributed by atoms with Crippen LogP contribution in [0.2, 0.25) is 0 Å². The van der Waals surface area contributed by atoms with E-state index in [-0.39, 0.29) is 17.4 Å². The van der Waals surface area contributed by atoms with Crippen molar-refractivity contribution in [1.82, 2.24) is 9.88 Å². The summed E-state index contributed by atoms with van der Waals surface area (Å²) in [5, 5.41) is 2.79. The number of carbonyl (C=O) groups is 2. The number of hydrogen-bond acceptors (Lipinski definition) is 3. The van der Waals surface area contributed by atoms with Crippen LogP contribution in [-0.4, -0.2) is 28.7 Å². The van der Waals surface area contributed by atoms with Crippen LogP contribution in [-0.2, 0) is 11.3 Å². The van der Waals surface area contributed by atoms with E-state index in [1.54, 1.807) is 24.1 Å². The number of anilines is 1. The number of benzene rings is 1. The number of nitrogens with zero attached hydrogens (tertiary/aromatic N) is 1. The van der Waals surface area contributed by atoms with Crippen LogP contribution in [0, 0.1) is 0 Å². The average molecular weight is 299 g/mol. The molecule has 0 aliphatic heterocycles. The normalized spacial score (nSPS) is 10.1. The number of H-pyrrole nitrogens is 1. The van der Waals surface area contributed by atoms with Crippen molar-refractivity contribution in [2.24, 2.45) is 0 Å². The maximum absolute atomic E-state index is 12.2. The Labute approximate surface area is 127 Å². The molecule has 1 aromatic heterocycles. The molecule has 6 nitrogen and oxygen atoms in total. The molecule has 6 heteroatoms. The third kappa shape index (κ3) is 3.82. The highest BCUT2D eigenvalue weighted by Crippen LogP contribution is 2.17. The molecular weight excluding hydrogens is 282 g/mol. The monoisotopic (exact) mass is 299 g/mol. The van der Waals surface area contributed by atoms with Gasteiger partial charge in [0.05, 0.1) is 5.56 Å². The topological polar surface area (TPSA) is 82.3 Å². The molecule has 0 bridgehead atoms. The van der Waals surface area contributed by atoms with E-state index in [1.165, 1.54) is 25.3 Å². The fourth-order valence-corrected chi connectivity index (χ4v) is 1.89. The van der Waals surface area contributed by atoms with Crippen LogP contribution in [0.3, 0.4) is 0 Å². The maximum Gasteiger partial charge on any atom is 0.257 e. The van der Waals surface area contributed by atoms with Crippen LogP contribution in [0.5, 0.6) is 0 Å². The van der Waals surface area contributed by atoms with Crippen molar-refractivity contribution < 1.29 is 9.59 Å². The first-order valence-electron chi connectivity index (χ1n) is 6.77. The minimum atomic E-state index is -0.325. The van der Waals surface area contributed by atoms with Gasteiger partial charge in [-0.2, -0.15) is 0 Å². The molecule has 0 atom stereocenters. The van der Waals surface area contributed by atoms with Gasteiger partial charge in [0, 0.05) is 38.5 Å². The van der Waals surface area contributed by atoms with Gasteiger partial charge in [0.25, 0.3) is 5.91 Å². The zero-order chi connectivity index (χ0) is 16.1. The molecular formula is C16H17N3O3. The molecule has 0 saturated carbocycles. The Balaban J connectivity index is 2.19. The Hall–Kier alpha value is -2.89.